The zero-order valence-electron chi connectivity index (χ0n) is 8.48. The van der Waals surface area contributed by atoms with E-state index in [9.17, 15) is 4.79 Å². The number of hydrogen-bond donors (Lipinski definition) is 0. The van der Waals surface area contributed by atoms with Gasteiger partial charge < -0.3 is 9.64 Å². The van der Waals surface area contributed by atoms with Gasteiger partial charge in [-0.1, -0.05) is 12.1 Å². The van der Waals surface area contributed by atoms with Crippen molar-refractivity contribution >= 4 is 5.91 Å². The maximum atomic E-state index is 11.9. The van der Waals surface area contributed by atoms with Gasteiger partial charge in [-0.2, -0.15) is 0 Å². The molecule has 0 saturated carbocycles. The Morgan fingerprint density at radius 1 is 1.20 bits per heavy atom. The Hall–Kier alpha value is -1.35. The summed E-state index contributed by atoms with van der Waals surface area (Å²) in [5.41, 5.74) is 1.36. The first kappa shape index (κ1) is 10.2. The monoisotopic (exact) mass is 203 g/mol. The van der Waals surface area contributed by atoms with Gasteiger partial charge in [0.15, 0.2) is 0 Å². The number of carbonyl (C=O) groups is 1. The number of ether oxygens (including phenoxy) is 1. The van der Waals surface area contributed by atoms with Crippen LogP contribution in [0.4, 0.5) is 0 Å². The van der Waals surface area contributed by atoms with Crippen LogP contribution in [0, 0.1) is 6.92 Å². The molecule has 1 aromatic carbocycles. The third-order valence-electron chi connectivity index (χ3n) is 2.46. The van der Waals surface area contributed by atoms with Gasteiger partial charge in [0.2, 0.25) is 0 Å². The lowest BCUT2D eigenvalue weighted by Crippen LogP contribution is -2.40. The minimum atomic E-state index is 0.0540. The molecule has 0 N–H and O–H groups in total. The molecule has 0 bridgehead atoms. The number of carbonyl (C=O) groups excluding carboxylic acids is 1. The Morgan fingerprint density at radius 2 is 1.80 bits per heavy atom. The van der Waals surface area contributed by atoms with Crippen LogP contribution in [0.25, 0.3) is 0 Å². The van der Waals surface area contributed by atoms with Gasteiger partial charge in [-0.3, -0.25) is 4.79 Å². The Balaban J connectivity index is 2.09. The summed E-state index contributed by atoms with van der Waals surface area (Å²) in [6, 6.07) is 7.00. The second-order valence-corrected chi connectivity index (χ2v) is 3.53. The van der Waals surface area contributed by atoms with E-state index in [1.807, 2.05) is 0 Å². The van der Waals surface area contributed by atoms with Gasteiger partial charge in [0.25, 0.3) is 5.91 Å². The van der Waals surface area contributed by atoms with Crippen molar-refractivity contribution in [1.29, 1.82) is 0 Å². The largest absolute Gasteiger partial charge is 0.378 e. The Kier molecular flexibility index (Phi) is 3.02. The van der Waals surface area contributed by atoms with Gasteiger partial charge in [0, 0.05) is 18.7 Å². The molecule has 1 aliphatic rings. The molecule has 15 heavy (non-hydrogen) atoms. The fraction of sp³-hybridized carbons (Fsp3) is 0.333. The molecule has 3 nitrogen and oxygen atoms in total. The van der Waals surface area contributed by atoms with E-state index in [2.05, 4.69) is 0 Å². The molecule has 1 fully saturated rings. The van der Waals surface area contributed by atoms with Crippen molar-refractivity contribution in [2.24, 2.45) is 0 Å². The summed E-state index contributed by atoms with van der Waals surface area (Å²) < 4.78 is 5.19. The number of hydrogen-bond acceptors (Lipinski definition) is 2. The fourth-order valence-corrected chi connectivity index (χ4v) is 1.57. The topological polar surface area (TPSA) is 29.5 Å². The third-order valence-corrected chi connectivity index (χ3v) is 2.46. The minimum Gasteiger partial charge on any atom is -0.378 e. The van der Waals surface area contributed by atoms with Crippen molar-refractivity contribution in [3.63, 3.8) is 0 Å². The molecule has 1 amide bonds. The number of rotatable bonds is 1. The molecule has 0 aliphatic carbocycles. The van der Waals surface area contributed by atoms with Gasteiger partial charge >= 0.3 is 0 Å². The van der Waals surface area contributed by atoms with E-state index in [1.165, 1.54) is 0 Å². The van der Waals surface area contributed by atoms with Crippen molar-refractivity contribution in [1.82, 2.24) is 4.90 Å². The Morgan fingerprint density at radius 3 is 2.40 bits per heavy atom. The van der Waals surface area contributed by atoms with Crippen LogP contribution in [-0.2, 0) is 4.74 Å². The molecule has 1 saturated heterocycles. The second kappa shape index (κ2) is 4.45. The molecule has 0 spiro atoms. The summed E-state index contributed by atoms with van der Waals surface area (Å²) >= 11 is 0. The highest BCUT2D eigenvalue weighted by molar-refractivity contribution is 5.94. The Labute approximate surface area is 89.7 Å². The normalized spacial score (nSPS) is 16.5. The van der Waals surface area contributed by atoms with E-state index < -0.39 is 0 Å². The summed E-state index contributed by atoms with van der Waals surface area (Å²) in [5, 5.41) is 0. The summed E-state index contributed by atoms with van der Waals surface area (Å²) in [6.45, 7) is 8.15. The van der Waals surface area contributed by atoms with E-state index in [4.69, 9.17) is 11.7 Å². The van der Waals surface area contributed by atoms with E-state index in [0.717, 1.165) is 0 Å². The third kappa shape index (κ3) is 2.36. The van der Waals surface area contributed by atoms with Gasteiger partial charge in [-0.25, -0.2) is 0 Å². The van der Waals surface area contributed by atoms with Gasteiger partial charge in [-0.05, 0) is 24.6 Å². The Bertz CT molecular complexity index is 339. The summed E-state index contributed by atoms with van der Waals surface area (Å²) in [7, 11) is 0. The van der Waals surface area contributed by atoms with E-state index in [0.29, 0.717) is 37.4 Å². The minimum absolute atomic E-state index is 0.0540. The van der Waals surface area contributed by atoms with Crippen molar-refractivity contribution in [2.75, 3.05) is 26.3 Å². The second-order valence-electron chi connectivity index (χ2n) is 3.53. The molecular formula is C12H13NO2. The SMILES string of the molecule is [CH]c1ccc(C(=O)N2CCOCC2)cc1. The first-order chi connectivity index (χ1) is 7.27. The van der Waals surface area contributed by atoms with Crippen molar-refractivity contribution in [2.45, 2.75) is 0 Å². The smallest absolute Gasteiger partial charge is 0.254 e. The highest BCUT2D eigenvalue weighted by Crippen LogP contribution is 2.08. The number of amides is 1. The van der Waals surface area contributed by atoms with Crippen LogP contribution < -0.4 is 0 Å². The number of morpholine rings is 1. The average Bonchev–Trinajstić information content (AvgIpc) is 2.30. The molecular weight excluding hydrogens is 190 g/mol. The molecule has 0 atom stereocenters. The predicted octanol–water partition coefficient (Wildman–Crippen LogP) is 1.22. The zero-order valence-corrected chi connectivity index (χ0v) is 8.48. The van der Waals surface area contributed by atoms with E-state index in [1.54, 1.807) is 29.2 Å². The predicted molar refractivity (Wildman–Crippen MR) is 56.6 cm³/mol. The van der Waals surface area contributed by atoms with Crippen LogP contribution in [0.2, 0.25) is 0 Å². The molecule has 0 aromatic heterocycles. The molecule has 1 aliphatic heterocycles. The maximum Gasteiger partial charge on any atom is 0.254 e. The van der Waals surface area contributed by atoms with Crippen molar-refractivity contribution < 1.29 is 9.53 Å². The standard InChI is InChI=1S/C12H13NO2/c1-10-2-4-11(5-3-10)12(14)13-6-8-15-9-7-13/h1-5H,6-9H2. The maximum absolute atomic E-state index is 11.9. The first-order valence-electron chi connectivity index (χ1n) is 5.00. The molecule has 0 unspecified atom stereocenters. The van der Waals surface area contributed by atoms with Crippen LogP contribution in [-0.4, -0.2) is 37.1 Å². The lowest BCUT2D eigenvalue weighted by Gasteiger charge is -2.26. The molecule has 3 heteroatoms. The molecule has 78 valence electrons. The summed E-state index contributed by atoms with van der Waals surface area (Å²) in [6.07, 6.45) is 0. The van der Waals surface area contributed by atoms with Crippen LogP contribution >= 0.6 is 0 Å². The number of benzene rings is 1. The molecule has 2 radical (unpaired) electrons. The van der Waals surface area contributed by atoms with Crippen LogP contribution in [0.15, 0.2) is 24.3 Å². The highest BCUT2D eigenvalue weighted by Gasteiger charge is 2.17. The average molecular weight is 203 g/mol. The molecule has 2 rings (SSSR count). The van der Waals surface area contributed by atoms with Crippen molar-refractivity contribution in [3.8, 4) is 0 Å². The molecule has 1 aromatic rings. The van der Waals surface area contributed by atoms with Crippen LogP contribution in [0.1, 0.15) is 15.9 Å². The first-order valence-corrected chi connectivity index (χ1v) is 5.00. The molecule has 1 heterocycles. The quantitative estimate of drug-likeness (QED) is 0.686. The van der Waals surface area contributed by atoms with Crippen LogP contribution in [0.5, 0.6) is 0 Å². The van der Waals surface area contributed by atoms with Gasteiger partial charge in [0.1, 0.15) is 0 Å². The number of nitrogens with zero attached hydrogens (tertiary/aromatic N) is 1. The van der Waals surface area contributed by atoms with E-state index in [-0.39, 0.29) is 5.91 Å². The van der Waals surface area contributed by atoms with Crippen LogP contribution in [0.3, 0.4) is 0 Å². The van der Waals surface area contributed by atoms with Gasteiger partial charge in [-0.15, -0.1) is 0 Å². The van der Waals surface area contributed by atoms with Crippen molar-refractivity contribution in [3.05, 3.63) is 42.3 Å². The lowest BCUT2D eigenvalue weighted by molar-refractivity contribution is 0.0303. The highest BCUT2D eigenvalue weighted by atomic mass is 16.5. The lowest BCUT2D eigenvalue weighted by atomic mass is 10.1. The fourth-order valence-electron chi connectivity index (χ4n) is 1.57. The summed E-state index contributed by atoms with van der Waals surface area (Å²) in [5.74, 6) is 0.0540. The van der Waals surface area contributed by atoms with E-state index >= 15 is 0 Å². The zero-order chi connectivity index (χ0) is 10.7. The van der Waals surface area contributed by atoms with Gasteiger partial charge in [0.05, 0.1) is 13.2 Å². The summed E-state index contributed by atoms with van der Waals surface area (Å²) in [4.78, 5) is 13.7.